The first-order valence-electron chi connectivity index (χ1n) is 12.5. The van der Waals surface area contributed by atoms with E-state index < -0.39 is 7.26 Å². The molecule has 0 aliphatic heterocycles. The van der Waals surface area contributed by atoms with Crippen molar-refractivity contribution in [3.63, 3.8) is 0 Å². The summed E-state index contributed by atoms with van der Waals surface area (Å²) in [5.41, 5.74) is 4.71. The van der Waals surface area contributed by atoms with Crippen molar-refractivity contribution in [2.75, 3.05) is 6.16 Å². The Morgan fingerprint density at radius 1 is 0.607 bits per heavy atom. The normalized spacial score (nSPS) is 24.0. The second-order valence-electron chi connectivity index (χ2n) is 9.87. The first-order chi connectivity index (χ1) is 13.9. The van der Waals surface area contributed by atoms with Crippen LogP contribution in [0.3, 0.4) is 0 Å². The van der Waals surface area contributed by atoms with Crippen LogP contribution in [0.2, 0.25) is 0 Å². The fourth-order valence-corrected chi connectivity index (χ4v) is 14.1. The van der Waals surface area contributed by atoms with Gasteiger partial charge < -0.3 is 0 Å². The van der Waals surface area contributed by atoms with Gasteiger partial charge in [0.05, 0.1) is 23.1 Å². The third-order valence-corrected chi connectivity index (χ3v) is 14.8. The molecule has 0 heterocycles. The summed E-state index contributed by atoms with van der Waals surface area (Å²) in [6.07, 6.45) is 29.6. The van der Waals surface area contributed by atoms with Gasteiger partial charge in [0.25, 0.3) is 0 Å². The molecule has 0 saturated heterocycles. The molecule has 3 aliphatic carbocycles. The highest BCUT2D eigenvalue weighted by atomic mass is 31.2. The summed E-state index contributed by atoms with van der Waals surface area (Å²) in [4.78, 5) is 0. The van der Waals surface area contributed by atoms with Crippen molar-refractivity contribution in [3.05, 3.63) is 42.0 Å². The molecule has 0 amide bonds. The van der Waals surface area contributed by atoms with Gasteiger partial charge in [-0.25, -0.2) is 0 Å². The maximum atomic E-state index is 2.65. The molecular formula is C27H42P+. The molecule has 0 atom stereocenters. The topological polar surface area (TPSA) is 0 Å². The molecule has 3 fully saturated rings. The minimum Gasteiger partial charge on any atom is -0.0622 e. The predicted octanol–water partition coefficient (Wildman–Crippen LogP) is 8.72. The summed E-state index contributed by atoms with van der Waals surface area (Å²) in [5, 5.41) is 0. The number of benzene rings is 1. The lowest BCUT2D eigenvalue weighted by molar-refractivity contribution is 0.452. The predicted molar refractivity (Wildman–Crippen MR) is 128 cm³/mol. The second kappa shape index (κ2) is 10.4. The third kappa shape index (κ3) is 4.75. The van der Waals surface area contributed by atoms with E-state index in [0.29, 0.717) is 0 Å². The van der Waals surface area contributed by atoms with E-state index in [1.54, 1.807) is 38.5 Å². The monoisotopic (exact) mass is 397 g/mol. The molecule has 0 spiro atoms. The van der Waals surface area contributed by atoms with E-state index in [-0.39, 0.29) is 0 Å². The van der Waals surface area contributed by atoms with Crippen LogP contribution in [0.15, 0.2) is 36.4 Å². The summed E-state index contributed by atoms with van der Waals surface area (Å²) in [7, 11) is -0.946. The van der Waals surface area contributed by atoms with Crippen molar-refractivity contribution in [3.8, 4) is 0 Å². The second-order valence-corrected chi connectivity index (χ2v) is 14.4. The first kappa shape index (κ1) is 20.7. The molecule has 1 heteroatoms. The van der Waals surface area contributed by atoms with Gasteiger partial charge in [-0.2, -0.15) is 0 Å². The largest absolute Gasteiger partial charge is 0.0784 e. The Bertz CT molecular complexity index is 540. The summed E-state index contributed by atoms with van der Waals surface area (Å²) in [6.45, 7) is 0. The third-order valence-electron chi connectivity index (χ3n) is 8.30. The van der Waals surface area contributed by atoms with Crippen LogP contribution in [0.1, 0.15) is 102 Å². The summed E-state index contributed by atoms with van der Waals surface area (Å²) < 4.78 is 0. The van der Waals surface area contributed by atoms with Crippen molar-refractivity contribution < 1.29 is 0 Å². The van der Waals surface area contributed by atoms with Gasteiger partial charge in [0.2, 0.25) is 0 Å². The number of hydrogen-bond donors (Lipinski definition) is 0. The molecule has 0 unspecified atom stereocenters. The molecule has 3 aliphatic rings. The molecule has 0 N–H and O–H groups in total. The fraction of sp³-hybridized carbons (Fsp3) is 0.704. The lowest BCUT2D eigenvalue weighted by Gasteiger charge is -2.48. The SMILES string of the molecule is C(=Cc1ccccc1)C[P+](C1CCCCC1)(C1CCCCC1)C1CCCCC1. The zero-order valence-corrected chi connectivity index (χ0v) is 18.9. The summed E-state index contributed by atoms with van der Waals surface area (Å²) >= 11 is 0. The zero-order valence-electron chi connectivity index (χ0n) is 18.0. The van der Waals surface area contributed by atoms with Crippen LogP contribution in [0.4, 0.5) is 0 Å². The maximum absolute atomic E-state index is 2.65. The van der Waals surface area contributed by atoms with Crippen molar-refractivity contribution in [2.24, 2.45) is 0 Å². The van der Waals surface area contributed by atoms with Crippen LogP contribution in [-0.2, 0) is 0 Å². The molecular weight excluding hydrogens is 355 g/mol. The molecule has 0 radical (unpaired) electrons. The molecule has 0 aromatic heterocycles. The van der Waals surface area contributed by atoms with E-state index in [4.69, 9.17) is 0 Å². The Labute approximate surface area is 174 Å². The summed E-state index contributed by atoms with van der Waals surface area (Å²) in [6, 6.07) is 11.1. The Morgan fingerprint density at radius 3 is 1.46 bits per heavy atom. The highest BCUT2D eigenvalue weighted by Gasteiger charge is 2.56. The van der Waals surface area contributed by atoms with Crippen molar-refractivity contribution in [1.29, 1.82) is 0 Å². The number of hydrogen-bond acceptors (Lipinski definition) is 0. The Morgan fingerprint density at radius 2 is 1.04 bits per heavy atom. The van der Waals surface area contributed by atoms with Gasteiger partial charge in [0.1, 0.15) is 0 Å². The minimum absolute atomic E-state index is 0.946. The van der Waals surface area contributed by atoms with Crippen molar-refractivity contribution in [1.82, 2.24) is 0 Å². The smallest absolute Gasteiger partial charge is 0.0622 e. The average Bonchev–Trinajstić information content (AvgIpc) is 2.79. The maximum Gasteiger partial charge on any atom is 0.0784 e. The fourth-order valence-electron chi connectivity index (χ4n) is 6.96. The number of rotatable bonds is 6. The van der Waals surface area contributed by atoms with Crippen molar-refractivity contribution in [2.45, 2.75) is 113 Å². The van der Waals surface area contributed by atoms with Gasteiger partial charge in [-0.1, -0.05) is 55.7 Å². The van der Waals surface area contributed by atoms with E-state index in [0.717, 1.165) is 17.0 Å². The van der Waals surface area contributed by atoms with Gasteiger partial charge in [-0.15, -0.1) is 0 Å². The van der Waals surface area contributed by atoms with E-state index in [2.05, 4.69) is 42.5 Å². The average molecular weight is 398 g/mol. The van der Waals surface area contributed by atoms with Crippen LogP contribution < -0.4 is 0 Å². The highest BCUT2D eigenvalue weighted by Crippen LogP contribution is 2.77. The lowest BCUT2D eigenvalue weighted by atomic mass is 9.99. The zero-order chi connectivity index (χ0) is 19.1. The standard InChI is InChI=1S/C27H42P/c1-5-14-24(15-6-1)16-13-23-28(25-17-7-2-8-18-25,26-19-9-3-10-20-26)27-21-11-4-12-22-27/h1,5-6,13-16,25-27H,2-4,7-12,17-23H2/q+1. The van der Waals surface area contributed by atoms with Crippen LogP contribution >= 0.6 is 7.26 Å². The highest BCUT2D eigenvalue weighted by molar-refractivity contribution is 7.78. The molecule has 1 aromatic carbocycles. The lowest BCUT2D eigenvalue weighted by Crippen LogP contribution is -2.37. The van der Waals surface area contributed by atoms with E-state index in [1.165, 1.54) is 69.5 Å². The quantitative estimate of drug-likeness (QED) is 0.421. The van der Waals surface area contributed by atoms with Gasteiger partial charge in [-0.3, -0.25) is 0 Å². The molecule has 1 aromatic rings. The minimum atomic E-state index is -0.946. The Balaban J connectivity index is 1.64. The molecule has 0 bridgehead atoms. The molecule has 4 rings (SSSR count). The summed E-state index contributed by atoms with van der Waals surface area (Å²) in [5.74, 6) is 0. The van der Waals surface area contributed by atoms with Crippen LogP contribution in [0.25, 0.3) is 6.08 Å². The van der Waals surface area contributed by atoms with Gasteiger partial charge in [0, 0.05) is 7.26 Å². The van der Waals surface area contributed by atoms with Gasteiger partial charge in [-0.05, 0) is 88.7 Å². The van der Waals surface area contributed by atoms with Crippen LogP contribution in [0, 0.1) is 0 Å². The molecule has 0 nitrogen and oxygen atoms in total. The molecule has 3 saturated carbocycles. The van der Waals surface area contributed by atoms with Crippen LogP contribution in [-0.4, -0.2) is 23.1 Å². The van der Waals surface area contributed by atoms with Crippen molar-refractivity contribution >= 4 is 13.3 Å². The first-order valence-corrected chi connectivity index (χ1v) is 14.7. The van der Waals surface area contributed by atoms with E-state index in [9.17, 15) is 0 Å². The van der Waals surface area contributed by atoms with E-state index in [1.807, 2.05) is 0 Å². The Kier molecular flexibility index (Phi) is 7.69. The van der Waals surface area contributed by atoms with Gasteiger partial charge in [0.15, 0.2) is 0 Å². The number of allylic oxidation sites excluding steroid dienone is 1. The Hall–Kier alpha value is -0.610. The molecule has 28 heavy (non-hydrogen) atoms. The van der Waals surface area contributed by atoms with E-state index >= 15 is 0 Å². The van der Waals surface area contributed by atoms with Gasteiger partial charge >= 0.3 is 0 Å². The van der Waals surface area contributed by atoms with Crippen LogP contribution in [0.5, 0.6) is 0 Å². The molecule has 154 valence electrons.